The Bertz CT molecular complexity index is 925. The highest BCUT2D eigenvalue weighted by Gasteiger charge is 2.31. The third-order valence-corrected chi connectivity index (χ3v) is 5.83. The maximum atomic E-state index is 12.7. The van der Waals surface area contributed by atoms with Crippen molar-refractivity contribution in [2.75, 3.05) is 21.9 Å². The van der Waals surface area contributed by atoms with Crippen LogP contribution in [-0.2, 0) is 16.2 Å². The molecular formula is C17H15F3N2O3S. The minimum atomic E-state index is -4.53. The third-order valence-electron chi connectivity index (χ3n) is 3.96. The molecule has 9 heteroatoms. The number of hydrogen-bond donors (Lipinski definition) is 1. The van der Waals surface area contributed by atoms with Crippen LogP contribution in [0.2, 0.25) is 0 Å². The summed E-state index contributed by atoms with van der Waals surface area (Å²) in [7, 11) is -3.30. The van der Waals surface area contributed by atoms with E-state index in [4.69, 9.17) is 0 Å². The zero-order valence-electron chi connectivity index (χ0n) is 13.5. The predicted molar refractivity (Wildman–Crippen MR) is 91.6 cm³/mol. The molecule has 0 bridgehead atoms. The number of sulfonamides is 1. The largest absolute Gasteiger partial charge is 0.416 e. The molecule has 0 radical (unpaired) electrons. The lowest BCUT2D eigenvalue weighted by atomic mass is 10.1. The number of benzene rings is 2. The fraction of sp³-hybridized carbons (Fsp3) is 0.235. The monoisotopic (exact) mass is 384 g/mol. The van der Waals surface area contributed by atoms with Gasteiger partial charge in [0, 0.05) is 17.8 Å². The first-order valence-electron chi connectivity index (χ1n) is 7.76. The molecule has 1 heterocycles. The van der Waals surface area contributed by atoms with E-state index in [-0.39, 0.29) is 11.3 Å². The molecule has 3 rings (SSSR count). The highest BCUT2D eigenvalue weighted by molar-refractivity contribution is 7.93. The Labute approximate surface area is 148 Å². The molecule has 1 saturated heterocycles. The van der Waals surface area contributed by atoms with Gasteiger partial charge >= 0.3 is 6.18 Å². The van der Waals surface area contributed by atoms with Gasteiger partial charge in [0.25, 0.3) is 5.91 Å². The van der Waals surface area contributed by atoms with Crippen molar-refractivity contribution < 1.29 is 26.4 Å². The van der Waals surface area contributed by atoms with Crippen LogP contribution < -0.4 is 9.62 Å². The summed E-state index contributed by atoms with van der Waals surface area (Å²) >= 11 is 0. The Balaban J connectivity index is 1.74. The van der Waals surface area contributed by atoms with Crippen LogP contribution in [0.4, 0.5) is 24.5 Å². The molecule has 2 aromatic rings. The molecule has 1 amide bonds. The number of alkyl halides is 3. The van der Waals surface area contributed by atoms with Gasteiger partial charge in [-0.25, -0.2) is 8.42 Å². The topological polar surface area (TPSA) is 66.5 Å². The zero-order valence-corrected chi connectivity index (χ0v) is 14.3. The third kappa shape index (κ3) is 3.82. The highest BCUT2D eigenvalue weighted by Crippen LogP contribution is 2.30. The van der Waals surface area contributed by atoms with E-state index in [1.165, 1.54) is 28.6 Å². The van der Waals surface area contributed by atoms with Gasteiger partial charge in [-0.3, -0.25) is 9.10 Å². The molecule has 0 spiro atoms. The molecule has 1 aliphatic rings. The standard InChI is InChI=1S/C17H15F3N2O3S/c18-17(19,20)13-4-1-3-12(11-13)16(23)21-14-5-7-15(8-6-14)22-9-2-10-26(22,24)25/h1,3-8,11H,2,9-10H2,(H,21,23). The predicted octanol–water partition coefficient (Wildman–Crippen LogP) is 3.50. The second-order valence-electron chi connectivity index (χ2n) is 5.82. The quantitative estimate of drug-likeness (QED) is 0.881. The van der Waals surface area contributed by atoms with Crippen molar-refractivity contribution in [3.05, 3.63) is 59.7 Å². The molecule has 26 heavy (non-hydrogen) atoms. The van der Waals surface area contributed by atoms with Crippen LogP contribution in [0.25, 0.3) is 0 Å². The average molecular weight is 384 g/mol. The van der Waals surface area contributed by atoms with Crippen molar-refractivity contribution in [2.45, 2.75) is 12.6 Å². The normalized spacial score (nSPS) is 16.5. The summed E-state index contributed by atoms with van der Waals surface area (Å²) in [6.07, 6.45) is -3.98. The summed E-state index contributed by atoms with van der Waals surface area (Å²) in [4.78, 5) is 12.2. The Morgan fingerprint density at radius 3 is 2.35 bits per heavy atom. The van der Waals surface area contributed by atoms with Crippen LogP contribution in [0.5, 0.6) is 0 Å². The molecule has 2 aromatic carbocycles. The first-order chi connectivity index (χ1) is 12.2. The second kappa shape index (κ2) is 6.64. The number of hydrogen-bond acceptors (Lipinski definition) is 3. The van der Waals surface area contributed by atoms with E-state index < -0.39 is 27.7 Å². The molecule has 1 aliphatic heterocycles. The lowest BCUT2D eigenvalue weighted by molar-refractivity contribution is -0.137. The van der Waals surface area contributed by atoms with E-state index >= 15 is 0 Å². The smallest absolute Gasteiger partial charge is 0.322 e. The molecule has 0 aliphatic carbocycles. The van der Waals surface area contributed by atoms with E-state index in [9.17, 15) is 26.4 Å². The SMILES string of the molecule is O=C(Nc1ccc(N2CCCS2(=O)=O)cc1)c1cccc(C(F)(F)F)c1. The first-order valence-corrected chi connectivity index (χ1v) is 9.37. The van der Waals surface area contributed by atoms with Crippen LogP contribution in [0.3, 0.4) is 0 Å². The Morgan fingerprint density at radius 1 is 1.08 bits per heavy atom. The Hall–Kier alpha value is -2.55. The van der Waals surface area contributed by atoms with E-state index in [2.05, 4.69) is 5.32 Å². The summed E-state index contributed by atoms with van der Waals surface area (Å²) in [5, 5.41) is 2.50. The fourth-order valence-electron chi connectivity index (χ4n) is 2.68. The Morgan fingerprint density at radius 2 is 1.77 bits per heavy atom. The number of halogens is 3. The highest BCUT2D eigenvalue weighted by atomic mass is 32.2. The maximum Gasteiger partial charge on any atom is 0.416 e. The van der Waals surface area contributed by atoms with Gasteiger partial charge in [0.2, 0.25) is 10.0 Å². The first kappa shape index (κ1) is 18.2. The lowest BCUT2D eigenvalue weighted by Crippen LogP contribution is -2.25. The number of amides is 1. The molecule has 138 valence electrons. The summed E-state index contributed by atoms with van der Waals surface area (Å²) in [5.41, 5.74) is -0.182. The zero-order chi connectivity index (χ0) is 18.9. The molecule has 0 saturated carbocycles. The van der Waals surface area contributed by atoms with Gasteiger partial charge in [-0.1, -0.05) is 6.07 Å². The summed E-state index contributed by atoms with van der Waals surface area (Å²) in [6, 6.07) is 10.2. The van der Waals surface area contributed by atoms with Crippen LogP contribution in [0, 0.1) is 0 Å². The Kier molecular flexibility index (Phi) is 4.66. The van der Waals surface area contributed by atoms with Crippen LogP contribution in [0.1, 0.15) is 22.3 Å². The van der Waals surface area contributed by atoms with Crippen LogP contribution >= 0.6 is 0 Å². The van der Waals surface area contributed by atoms with E-state index in [1.54, 1.807) is 12.1 Å². The van der Waals surface area contributed by atoms with Gasteiger partial charge in [-0.2, -0.15) is 13.2 Å². The molecule has 0 aromatic heterocycles. The van der Waals surface area contributed by atoms with Crippen molar-refractivity contribution in [3.63, 3.8) is 0 Å². The van der Waals surface area contributed by atoms with Crippen molar-refractivity contribution in [1.82, 2.24) is 0 Å². The molecule has 0 unspecified atom stereocenters. The molecule has 1 fully saturated rings. The van der Waals surface area contributed by atoms with Crippen molar-refractivity contribution >= 4 is 27.3 Å². The molecular weight excluding hydrogens is 369 g/mol. The van der Waals surface area contributed by atoms with Gasteiger partial charge in [-0.15, -0.1) is 0 Å². The van der Waals surface area contributed by atoms with Gasteiger partial charge < -0.3 is 5.32 Å². The van der Waals surface area contributed by atoms with Crippen molar-refractivity contribution in [3.8, 4) is 0 Å². The van der Waals surface area contributed by atoms with Gasteiger partial charge in [-0.05, 0) is 48.9 Å². The van der Waals surface area contributed by atoms with E-state index in [0.29, 0.717) is 24.3 Å². The van der Waals surface area contributed by atoms with E-state index in [0.717, 1.165) is 12.1 Å². The average Bonchev–Trinajstić information content (AvgIpc) is 2.94. The minimum Gasteiger partial charge on any atom is -0.322 e. The number of nitrogens with one attached hydrogen (secondary N) is 1. The number of rotatable bonds is 3. The van der Waals surface area contributed by atoms with Gasteiger partial charge in [0.05, 0.1) is 17.0 Å². The fourth-order valence-corrected chi connectivity index (χ4v) is 4.25. The second-order valence-corrected chi connectivity index (χ2v) is 7.83. The van der Waals surface area contributed by atoms with E-state index in [1.807, 2.05) is 0 Å². The van der Waals surface area contributed by atoms with Crippen molar-refractivity contribution in [2.24, 2.45) is 0 Å². The van der Waals surface area contributed by atoms with Crippen molar-refractivity contribution in [1.29, 1.82) is 0 Å². The summed E-state index contributed by atoms with van der Waals surface area (Å²) in [6.45, 7) is 0.401. The molecule has 1 N–H and O–H groups in total. The van der Waals surface area contributed by atoms with Gasteiger partial charge in [0.15, 0.2) is 0 Å². The molecule has 5 nitrogen and oxygen atoms in total. The van der Waals surface area contributed by atoms with Crippen LogP contribution in [-0.4, -0.2) is 26.6 Å². The minimum absolute atomic E-state index is 0.0982. The number of nitrogens with zero attached hydrogens (tertiary/aromatic N) is 1. The number of anilines is 2. The lowest BCUT2D eigenvalue weighted by Gasteiger charge is -2.17. The maximum absolute atomic E-state index is 12.7. The summed E-state index contributed by atoms with van der Waals surface area (Å²) in [5.74, 6) is -0.584. The molecule has 0 atom stereocenters. The summed E-state index contributed by atoms with van der Waals surface area (Å²) < 4.78 is 63.3. The van der Waals surface area contributed by atoms with Gasteiger partial charge in [0.1, 0.15) is 0 Å². The number of carbonyl (C=O) groups excluding carboxylic acids is 1. The number of carbonyl (C=O) groups is 1. The van der Waals surface area contributed by atoms with Crippen LogP contribution in [0.15, 0.2) is 48.5 Å².